The first-order chi connectivity index (χ1) is 12.8. The molecule has 28 heavy (non-hydrogen) atoms. The number of ether oxygens (including phenoxy) is 1. The number of nitrogens with one attached hydrogen (secondary N) is 2. The Kier molecular flexibility index (Phi) is 10.5. The van der Waals surface area contributed by atoms with Gasteiger partial charge in [-0.3, -0.25) is 4.99 Å². The molecule has 2 atom stereocenters. The first-order valence-corrected chi connectivity index (χ1v) is 9.21. The summed E-state index contributed by atoms with van der Waals surface area (Å²) in [6, 6.07) is 5.54. The maximum absolute atomic E-state index is 12.8. The van der Waals surface area contributed by atoms with E-state index in [1.807, 2.05) is 6.92 Å². The van der Waals surface area contributed by atoms with Crippen molar-refractivity contribution in [3.63, 3.8) is 0 Å². The van der Waals surface area contributed by atoms with E-state index in [0.717, 1.165) is 25.8 Å². The number of likely N-dealkylation sites (N-methyl/N-ethyl adjacent to an activating group) is 1. The molecular weight excluding hydrogens is 484 g/mol. The van der Waals surface area contributed by atoms with E-state index in [1.165, 1.54) is 12.1 Å². The summed E-state index contributed by atoms with van der Waals surface area (Å²) in [5.41, 5.74) is 0.0861. The number of alkyl halides is 3. The van der Waals surface area contributed by atoms with Crippen molar-refractivity contribution in [3.05, 3.63) is 35.4 Å². The van der Waals surface area contributed by atoms with Gasteiger partial charge in [0.05, 0.1) is 18.3 Å². The van der Waals surface area contributed by atoms with Gasteiger partial charge in [-0.15, -0.1) is 24.0 Å². The van der Waals surface area contributed by atoms with Gasteiger partial charge < -0.3 is 20.3 Å². The van der Waals surface area contributed by atoms with Crippen LogP contribution in [0.5, 0.6) is 0 Å². The number of aliphatic imine (C=N–C) groups is 1. The van der Waals surface area contributed by atoms with Crippen molar-refractivity contribution in [3.8, 4) is 0 Å². The summed E-state index contributed by atoms with van der Waals surface area (Å²) in [6.45, 7) is 5.74. The molecule has 160 valence electrons. The third kappa shape index (κ3) is 8.12. The quantitative estimate of drug-likeness (QED) is 0.348. The van der Waals surface area contributed by atoms with E-state index in [0.29, 0.717) is 31.0 Å². The van der Waals surface area contributed by atoms with Crippen LogP contribution >= 0.6 is 24.0 Å². The number of benzene rings is 1. The Balaban J connectivity index is 0.00000392. The lowest BCUT2D eigenvalue weighted by atomic mass is 9.96. The van der Waals surface area contributed by atoms with Crippen LogP contribution in [0.4, 0.5) is 13.2 Å². The molecule has 0 aromatic heterocycles. The molecule has 0 amide bonds. The van der Waals surface area contributed by atoms with Crippen LogP contribution in [0.2, 0.25) is 0 Å². The summed E-state index contributed by atoms with van der Waals surface area (Å²) in [7, 11) is 3.76. The summed E-state index contributed by atoms with van der Waals surface area (Å²) in [4.78, 5) is 6.41. The second kappa shape index (κ2) is 11.8. The van der Waals surface area contributed by atoms with Gasteiger partial charge in [-0.05, 0) is 31.0 Å². The zero-order valence-corrected chi connectivity index (χ0v) is 18.9. The van der Waals surface area contributed by atoms with Crippen LogP contribution in [-0.2, 0) is 10.9 Å². The summed E-state index contributed by atoms with van der Waals surface area (Å²) in [5.74, 6) is 0.677. The highest BCUT2D eigenvalue weighted by atomic mass is 127. The van der Waals surface area contributed by atoms with Crippen LogP contribution in [-0.4, -0.2) is 63.8 Å². The van der Waals surface area contributed by atoms with Gasteiger partial charge in [-0.1, -0.05) is 25.1 Å². The number of morpholine rings is 1. The van der Waals surface area contributed by atoms with Crippen molar-refractivity contribution in [2.45, 2.75) is 31.5 Å². The first-order valence-electron chi connectivity index (χ1n) is 9.21. The molecule has 2 rings (SSSR count). The van der Waals surface area contributed by atoms with Gasteiger partial charge in [0.1, 0.15) is 0 Å². The smallest absolute Gasteiger partial charge is 0.374 e. The highest BCUT2D eigenvalue weighted by Crippen LogP contribution is 2.31. The van der Waals surface area contributed by atoms with Gasteiger partial charge >= 0.3 is 6.18 Å². The Morgan fingerprint density at radius 1 is 1.36 bits per heavy atom. The number of hydrogen-bond acceptors (Lipinski definition) is 3. The van der Waals surface area contributed by atoms with E-state index in [1.54, 1.807) is 13.1 Å². The molecule has 1 fully saturated rings. The van der Waals surface area contributed by atoms with Gasteiger partial charge in [0, 0.05) is 33.2 Å². The largest absolute Gasteiger partial charge is 0.416 e. The SMILES string of the molecule is CN=C(NCCC(C)c1cccc(C(F)(F)F)c1)NCC1CN(C)CCO1.I. The predicted molar refractivity (Wildman–Crippen MR) is 116 cm³/mol. The minimum Gasteiger partial charge on any atom is -0.374 e. The molecule has 1 aliphatic heterocycles. The fourth-order valence-corrected chi connectivity index (χ4v) is 3.02. The molecule has 1 heterocycles. The first kappa shape index (κ1) is 25.0. The molecule has 2 unspecified atom stereocenters. The molecule has 0 saturated carbocycles. The lowest BCUT2D eigenvalue weighted by molar-refractivity contribution is -0.137. The zero-order chi connectivity index (χ0) is 19.9. The van der Waals surface area contributed by atoms with Gasteiger partial charge in [0.15, 0.2) is 5.96 Å². The average molecular weight is 514 g/mol. The molecule has 2 N–H and O–H groups in total. The Bertz CT molecular complexity index is 627. The second-order valence-corrected chi connectivity index (χ2v) is 6.95. The van der Waals surface area contributed by atoms with Crippen LogP contribution in [0.15, 0.2) is 29.3 Å². The number of guanidine groups is 1. The minimum atomic E-state index is -4.31. The summed E-state index contributed by atoms with van der Waals surface area (Å²) < 4.78 is 44.2. The van der Waals surface area contributed by atoms with E-state index in [-0.39, 0.29) is 36.0 Å². The standard InChI is InChI=1S/C19H29F3N4O.HI/c1-14(15-5-4-6-16(11-15)19(20,21)22)7-8-24-18(23-2)25-12-17-13-26(3)9-10-27-17;/h4-6,11,14,17H,7-10,12-13H2,1-3H3,(H2,23,24,25);1H. The Morgan fingerprint density at radius 3 is 2.75 bits per heavy atom. The van der Waals surface area contributed by atoms with Crippen molar-refractivity contribution in [1.82, 2.24) is 15.5 Å². The third-order valence-corrected chi connectivity index (χ3v) is 4.72. The van der Waals surface area contributed by atoms with E-state index < -0.39 is 11.7 Å². The zero-order valence-electron chi connectivity index (χ0n) is 16.6. The van der Waals surface area contributed by atoms with Gasteiger partial charge in [0.25, 0.3) is 0 Å². The monoisotopic (exact) mass is 514 g/mol. The van der Waals surface area contributed by atoms with Crippen LogP contribution in [0.3, 0.4) is 0 Å². The third-order valence-electron chi connectivity index (χ3n) is 4.72. The fourth-order valence-electron chi connectivity index (χ4n) is 3.02. The molecule has 0 aliphatic carbocycles. The van der Waals surface area contributed by atoms with Crippen molar-refractivity contribution < 1.29 is 17.9 Å². The average Bonchev–Trinajstić information content (AvgIpc) is 2.64. The van der Waals surface area contributed by atoms with Gasteiger partial charge in [-0.25, -0.2) is 0 Å². The molecular formula is C19H30F3IN4O. The molecule has 0 spiro atoms. The molecule has 0 bridgehead atoms. The van der Waals surface area contributed by atoms with Crippen LogP contribution < -0.4 is 10.6 Å². The highest BCUT2D eigenvalue weighted by molar-refractivity contribution is 14.0. The molecule has 0 radical (unpaired) electrons. The highest BCUT2D eigenvalue weighted by Gasteiger charge is 2.30. The fraction of sp³-hybridized carbons (Fsp3) is 0.632. The molecule has 1 aliphatic rings. The number of rotatable bonds is 6. The van der Waals surface area contributed by atoms with E-state index in [9.17, 15) is 13.2 Å². The van der Waals surface area contributed by atoms with E-state index >= 15 is 0 Å². The number of halogens is 4. The van der Waals surface area contributed by atoms with Crippen LogP contribution in [0, 0.1) is 0 Å². The molecule has 1 aromatic rings. The number of hydrogen-bond donors (Lipinski definition) is 2. The van der Waals surface area contributed by atoms with Crippen LogP contribution in [0.25, 0.3) is 0 Å². The lowest BCUT2D eigenvalue weighted by Gasteiger charge is -2.30. The van der Waals surface area contributed by atoms with E-state index in [4.69, 9.17) is 4.74 Å². The molecule has 5 nitrogen and oxygen atoms in total. The minimum absolute atomic E-state index is 0. The summed E-state index contributed by atoms with van der Waals surface area (Å²) in [5, 5.41) is 6.45. The second-order valence-electron chi connectivity index (χ2n) is 6.95. The van der Waals surface area contributed by atoms with Gasteiger partial charge in [0.2, 0.25) is 0 Å². The predicted octanol–water partition coefficient (Wildman–Crippen LogP) is 3.31. The summed E-state index contributed by atoms with van der Waals surface area (Å²) in [6.07, 6.45) is -3.49. The van der Waals surface area contributed by atoms with Crippen molar-refractivity contribution in [1.29, 1.82) is 0 Å². The molecule has 1 aromatic carbocycles. The maximum Gasteiger partial charge on any atom is 0.416 e. The molecule has 9 heteroatoms. The Morgan fingerprint density at radius 2 is 2.11 bits per heavy atom. The summed E-state index contributed by atoms with van der Waals surface area (Å²) >= 11 is 0. The topological polar surface area (TPSA) is 48.9 Å². The Labute approximate surface area is 182 Å². The number of nitrogens with zero attached hydrogens (tertiary/aromatic N) is 2. The van der Waals surface area contributed by atoms with Crippen molar-refractivity contribution in [2.75, 3.05) is 46.9 Å². The van der Waals surface area contributed by atoms with Crippen LogP contribution in [0.1, 0.15) is 30.4 Å². The van der Waals surface area contributed by atoms with E-state index in [2.05, 4.69) is 27.6 Å². The van der Waals surface area contributed by atoms with Gasteiger partial charge in [-0.2, -0.15) is 13.2 Å². The molecule has 1 saturated heterocycles. The van der Waals surface area contributed by atoms with Crippen molar-refractivity contribution in [2.24, 2.45) is 4.99 Å². The lowest BCUT2D eigenvalue weighted by Crippen LogP contribution is -2.48. The Hall–Kier alpha value is -1.07. The van der Waals surface area contributed by atoms with Crippen molar-refractivity contribution >= 4 is 29.9 Å². The maximum atomic E-state index is 12.8. The normalized spacial score (nSPS) is 19.6.